The highest BCUT2D eigenvalue weighted by Gasteiger charge is 2.29. The van der Waals surface area contributed by atoms with Crippen molar-refractivity contribution in [1.82, 2.24) is 29.1 Å². The van der Waals surface area contributed by atoms with Crippen molar-refractivity contribution in [2.45, 2.75) is 45.8 Å². The summed E-state index contributed by atoms with van der Waals surface area (Å²) < 4.78 is 4.04. The monoisotopic (exact) mass is 458 g/mol. The molecule has 3 aromatic heterocycles. The molecule has 4 rings (SSSR count). The third-order valence-electron chi connectivity index (χ3n) is 5.51. The number of carbonyl (C=O) groups excluding carboxylic acids is 1. The molecule has 0 unspecified atom stereocenters. The maximum atomic E-state index is 12.1. The molecule has 0 N–H and O–H groups in total. The zero-order valence-corrected chi connectivity index (χ0v) is 20.2. The van der Waals surface area contributed by atoms with Gasteiger partial charge in [0.15, 0.2) is 0 Å². The molecular formula is C26H30N6O2. The van der Waals surface area contributed by atoms with Crippen LogP contribution in [0.15, 0.2) is 67.3 Å². The van der Waals surface area contributed by atoms with Crippen LogP contribution in [-0.4, -0.2) is 41.2 Å². The van der Waals surface area contributed by atoms with E-state index in [1.54, 1.807) is 12.4 Å². The Labute approximate surface area is 199 Å². The first-order valence-electron chi connectivity index (χ1n) is 11.2. The van der Waals surface area contributed by atoms with Crippen LogP contribution in [0.25, 0.3) is 16.9 Å². The van der Waals surface area contributed by atoms with E-state index in [1.165, 1.54) is 5.06 Å². The molecule has 34 heavy (non-hydrogen) atoms. The van der Waals surface area contributed by atoms with Crippen LogP contribution in [0.4, 0.5) is 0 Å². The Kier molecular flexibility index (Phi) is 6.61. The summed E-state index contributed by atoms with van der Waals surface area (Å²) in [5.74, 6) is 1.65. The molecule has 0 saturated heterocycles. The summed E-state index contributed by atoms with van der Waals surface area (Å²) in [4.78, 5) is 31.5. The molecule has 176 valence electrons. The predicted octanol–water partition coefficient (Wildman–Crippen LogP) is 4.45. The molecule has 8 nitrogen and oxygen atoms in total. The fourth-order valence-corrected chi connectivity index (χ4v) is 3.93. The van der Waals surface area contributed by atoms with Gasteiger partial charge in [0.25, 0.3) is 0 Å². The second kappa shape index (κ2) is 9.61. The molecular weight excluding hydrogens is 428 g/mol. The number of benzene rings is 1. The number of imidazole rings is 2. The SMILES string of the molecule is Cc1nccn1-c1ccc(-c2cnc([C@H](Cc3ccccn3)N(C=O)OC(C)(C)C)n2C)cc1. The first-order chi connectivity index (χ1) is 16.3. The lowest BCUT2D eigenvalue weighted by molar-refractivity contribution is -0.235. The Balaban J connectivity index is 1.68. The zero-order chi connectivity index (χ0) is 24.3. The number of hydrogen-bond donors (Lipinski definition) is 0. The Morgan fingerprint density at radius 3 is 2.41 bits per heavy atom. The van der Waals surface area contributed by atoms with E-state index in [0.29, 0.717) is 12.2 Å². The number of carbonyl (C=O) groups is 1. The number of amides is 1. The maximum Gasteiger partial charge on any atom is 0.234 e. The van der Waals surface area contributed by atoms with Crippen LogP contribution >= 0.6 is 0 Å². The van der Waals surface area contributed by atoms with Gasteiger partial charge in [-0.25, -0.2) is 15.0 Å². The van der Waals surface area contributed by atoms with Crippen molar-refractivity contribution in [1.29, 1.82) is 0 Å². The lowest BCUT2D eigenvalue weighted by Crippen LogP contribution is -2.38. The van der Waals surface area contributed by atoms with E-state index in [9.17, 15) is 4.79 Å². The van der Waals surface area contributed by atoms with Crippen molar-refractivity contribution < 1.29 is 9.63 Å². The van der Waals surface area contributed by atoms with E-state index < -0.39 is 11.6 Å². The smallest absolute Gasteiger partial charge is 0.234 e. The summed E-state index contributed by atoms with van der Waals surface area (Å²) in [5, 5.41) is 1.35. The predicted molar refractivity (Wildman–Crippen MR) is 130 cm³/mol. The lowest BCUT2D eigenvalue weighted by atomic mass is 10.1. The van der Waals surface area contributed by atoms with Gasteiger partial charge in [0.2, 0.25) is 6.41 Å². The lowest BCUT2D eigenvalue weighted by Gasteiger charge is -2.32. The zero-order valence-electron chi connectivity index (χ0n) is 20.2. The van der Waals surface area contributed by atoms with E-state index in [-0.39, 0.29) is 0 Å². The van der Waals surface area contributed by atoms with Crippen LogP contribution in [0.1, 0.15) is 44.2 Å². The van der Waals surface area contributed by atoms with Crippen molar-refractivity contribution in [3.63, 3.8) is 0 Å². The largest absolute Gasteiger partial charge is 0.329 e. The van der Waals surface area contributed by atoms with Crippen LogP contribution in [0.2, 0.25) is 0 Å². The normalized spacial score (nSPS) is 12.5. The van der Waals surface area contributed by atoms with Gasteiger partial charge in [0.05, 0.1) is 17.5 Å². The summed E-state index contributed by atoms with van der Waals surface area (Å²) in [5.41, 5.74) is 3.31. The van der Waals surface area contributed by atoms with Crippen molar-refractivity contribution in [3.05, 3.63) is 84.6 Å². The summed E-state index contributed by atoms with van der Waals surface area (Å²) >= 11 is 0. The van der Waals surface area contributed by atoms with E-state index >= 15 is 0 Å². The first-order valence-corrected chi connectivity index (χ1v) is 11.2. The van der Waals surface area contributed by atoms with Gasteiger partial charge in [0.1, 0.15) is 17.7 Å². The molecule has 0 radical (unpaired) electrons. The summed E-state index contributed by atoms with van der Waals surface area (Å²) in [6.07, 6.45) is 8.50. The molecule has 0 aliphatic rings. The van der Waals surface area contributed by atoms with Crippen LogP contribution in [-0.2, 0) is 23.1 Å². The van der Waals surface area contributed by atoms with Gasteiger partial charge < -0.3 is 9.13 Å². The fourth-order valence-electron chi connectivity index (χ4n) is 3.93. The van der Waals surface area contributed by atoms with Crippen LogP contribution in [0, 0.1) is 6.92 Å². The highest BCUT2D eigenvalue weighted by atomic mass is 16.7. The van der Waals surface area contributed by atoms with Gasteiger partial charge >= 0.3 is 0 Å². The average Bonchev–Trinajstić information content (AvgIpc) is 3.41. The molecule has 0 bridgehead atoms. The Hall–Kier alpha value is -3.78. The molecule has 1 amide bonds. The first kappa shape index (κ1) is 23.4. The third kappa shape index (κ3) is 5.07. The number of aromatic nitrogens is 5. The Morgan fingerprint density at radius 2 is 1.82 bits per heavy atom. The van der Waals surface area contributed by atoms with Crippen molar-refractivity contribution in [2.24, 2.45) is 7.05 Å². The molecule has 8 heteroatoms. The Bertz CT molecular complexity index is 1240. The van der Waals surface area contributed by atoms with Crippen molar-refractivity contribution in [3.8, 4) is 16.9 Å². The Morgan fingerprint density at radius 1 is 1.06 bits per heavy atom. The second-order valence-corrected chi connectivity index (χ2v) is 9.16. The highest BCUT2D eigenvalue weighted by molar-refractivity contribution is 5.61. The van der Waals surface area contributed by atoms with Gasteiger partial charge in [-0.1, -0.05) is 18.2 Å². The number of hydroxylamine groups is 2. The van der Waals surface area contributed by atoms with Crippen molar-refractivity contribution >= 4 is 6.41 Å². The van der Waals surface area contributed by atoms with Crippen LogP contribution in [0.3, 0.4) is 0 Å². The molecule has 0 spiro atoms. The van der Waals surface area contributed by atoms with E-state index in [0.717, 1.165) is 34.9 Å². The van der Waals surface area contributed by atoms with Gasteiger partial charge in [-0.15, -0.1) is 0 Å². The van der Waals surface area contributed by atoms with E-state index in [4.69, 9.17) is 9.82 Å². The van der Waals surface area contributed by atoms with Gasteiger partial charge in [-0.3, -0.25) is 14.6 Å². The number of nitrogens with zero attached hydrogens (tertiary/aromatic N) is 6. The summed E-state index contributed by atoms with van der Waals surface area (Å²) in [6, 6.07) is 13.5. The third-order valence-corrected chi connectivity index (χ3v) is 5.51. The van der Waals surface area contributed by atoms with Crippen LogP contribution < -0.4 is 0 Å². The molecule has 1 aromatic carbocycles. The number of rotatable bonds is 8. The molecule has 0 aliphatic heterocycles. The summed E-state index contributed by atoms with van der Waals surface area (Å²) in [6.45, 7) is 7.71. The van der Waals surface area contributed by atoms with Gasteiger partial charge in [0, 0.05) is 43.4 Å². The maximum absolute atomic E-state index is 12.1. The molecule has 4 aromatic rings. The quantitative estimate of drug-likeness (QED) is 0.288. The average molecular weight is 459 g/mol. The molecule has 0 aliphatic carbocycles. The number of aryl methyl sites for hydroxylation is 1. The molecule has 0 saturated carbocycles. The van der Waals surface area contributed by atoms with E-state index in [1.807, 2.05) is 74.5 Å². The van der Waals surface area contributed by atoms with E-state index in [2.05, 4.69) is 34.2 Å². The fraction of sp³-hybridized carbons (Fsp3) is 0.308. The molecule has 3 heterocycles. The topological polar surface area (TPSA) is 78.1 Å². The summed E-state index contributed by atoms with van der Waals surface area (Å²) in [7, 11) is 1.96. The van der Waals surface area contributed by atoms with Crippen LogP contribution in [0.5, 0.6) is 0 Å². The molecule has 1 atom stereocenters. The minimum Gasteiger partial charge on any atom is -0.329 e. The van der Waals surface area contributed by atoms with Gasteiger partial charge in [-0.05, 0) is 57.5 Å². The minimum absolute atomic E-state index is 0.446. The standard InChI is InChI=1S/C26H30N6O2/c1-19-27-14-15-31(19)22-11-9-20(10-12-22)24-17-29-25(30(24)5)23(16-21-8-6-7-13-28-21)32(18-33)34-26(2,3)4/h6-15,17-18,23H,16H2,1-5H3/t23-/m0/s1. The number of pyridine rings is 1. The second-order valence-electron chi connectivity index (χ2n) is 9.16. The molecule has 0 fully saturated rings. The number of hydrogen-bond acceptors (Lipinski definition) is 5. The van der Waals surface area contributed by atoms with Crippen molar-refractivity contribution in [2.75, 3.05) is 0 Å². The van der Waals surface area contributed by atoms with Gasteiger partial charge in [-0.2, -0.15) is 0 Å². The highest BCUT2D eigenvalue weighted by Crippen LogP contribution is 2.29. The minimum atomic E-state index is -0.543.